The molecule has 0 bridgehead atoms. The maximum Gasteiger partial charge on any atom is 0.0467 e. The molecular weight excluding hydrogens is 591 g/mol. The number of hydrogen-bond donors (Lipinski definition) is 0. The summed E-state index contributed by atoms with van der Waals surface area (Å²) in [4.78, 5) is 2.43. The molecule has 9 rings (SSSR count). The van der Waals surface area contributed by atoms with Crippen molar-refractivity contribution in [3.05, 3.63) is 186 Å². The van der Waals surface area contributed by atoms with Crippen molar-refractivity contribution < 1.29 is 0 Å². The predicted octanol–water partition coefficient (Wildman–Crippen LogP) is 13.1. The first kappa shape index (κ1) is 29.5. The van der Waals surface area contributed by atoms with E-state index in [4.69, 9.17) is 0 Å². The van der Waals surface area contributed by atoms with Crippen molar-refractivity contribution in [2.24, 2.45) is 0 Å². The second-order valence-corrected chi connectivity index (χ2v) is 14.6. The molecule has 49 heavy (non-hydrogen) atoms. The van der Waals surface area contributed by atoms with Gasteiger partial charge in [-0.25, -0.2) is 0 Å². The van der Waals surface area contributed by atoms with Gasteiger partial charge in [-0.15, -0.1) is 0 Å². The lowest BCUT2D eigenvalue weighted by atomic mass is 9.82. The minimum atomic E-state index is -0.0859. The van der Waals surface area contributed by atoms with Gasteiger partial charge in [0.1, 0.15) is 0 Å². The molecule has 0 saturated carbocycles. The SMILES string of the molecule is CC1(C)c2ccccc2-c2ccc(N(c3ccc(-c4ccccc4)cc3)c3cccc(-c4cccc5c4-c4ccccc4C5(C)C)c3)cc21. The lowest BCUT2D eigenvalue weighted by Crippen LogP contribution is -2.16. The van der Waals surface area contributed by atoms with E-state index in [0.29, 0.717) is 0 Å². The smallest absolute Gasteiger partial charge is 0.0467 e. The molecular formula is C48H39N. The average Bonchev–Trinajstić information content (AvgIpc) is 3.52. The maximum atomic E-state index is 2.43. The van der Waals surface area contributed by atoms with Crippen LogP contribution in [0.3, 0.4) is 0 Å². The zero-order valence-electron chi connectivity index (χ0n) is 28.5. The summed E-state index contributed by atoms with van der Waals surface area (Å²) in [6, 6.07) is 60.5. The fourth-order valence-electron chi connectivity index (χ4n) is 8.52. The number of fused-ring (bicyclic) bond motifs is 6. The van der Waals surface area contributed by atoms with E-state index in [0.717, 1.165) is 17.1 Å². The third kappa shape index (κ3) is 4.53. The first-order chi connectivity index (χ1) is 23.8. The highest BCUT2D eigenvalue weighted by Gasteiger charge is 2.37. The van der Waals surface area contributed by atoms with Crippen molar-refractivity contribution in [2.75, 3.05) is 4.90 Å². The Balaban J connectivity index is 1.21. The molecule has 0 N–H and O–H groups in total. The number of benzene rings is 7. The monoisotopic (exact) mass is 629 g/mol. The number of nitrogens with zero attached hydrogens (tertiary/aromatic N) is 1. The molecule has 0 radical (unpaired) electrons. The number of anilines is 3. The van der Waals surface area contributed by atoms with Crippen molar-refractivity contribution in [2.45, 2.75) is 38.5 Å². The lowest BCUT2D eigenvalue weighted by molar-refractivity contribution is 0.660. The van der Waals surface area contributed by atoms with E-state index in [1.54, 1.807) is 0 Å². The zero-order valence-corrected chi connectivity index (χ0v) is 28.5. The van der Waals surface area contributed by atoms with Gasteiger partial charge in [0, 0.05) is 27.9 Å². The minimum Gasteiger partial charge on any atom is -0.310 e. The van der Waals surface area contributed by atoms with Crippen molar-refractivity contribution in [3.8, 4) is 44.5 Å². The first-order valence-electron chi connectivity index (χ1n) is 17.4. The summed E-state index contributed by atoms with van der Waals surface area (Å²) in [5.41, 5.74) is 19.2. The molecule has 7 aromatic rings. The summed E-state index contributed by atoms with van der Waals surface area (Å²) in [6.07, 6.45) is 0. The third-order valence-electron chi connectivity index (χ3n) is 11.1. The summed E-state index contributed by atoms with van der Waals surface area (Å²) < 4.78 is 0. The predicted molar refractivity (Wildman–Crippen MR) is 207 cm³/mol. The highest BCUT2D eigenvalue weighted by atomic mass is 15.1. The van der Waals surface area contributed by atoms with Gasteiger partial charge >= 0.3 is 0 Å². The fourth-order valence-corrected chi connectivity index (χ4v) is 8.52. The van der Waals surface area contributed by atoms with Gasteiger partial charge in [-0.05, 0) is 103 Å². The molecule has 0 heterocycles. The molecule has 0 unspecified atom stereocenters. The van der Waals surface area contributed by atoms with Crippen LogP contribution in [0.1, 0.15) is 49.9 Å². The molecule has 0 aromatic heterocycles. The summed E-state index contributed by atoms with van der Waals surface area (Å²) in [7, 11) is 0. The van der Waals surface area contributed by atoms with Gasteiger partial charge in [-0.3, -0.25) is 0 Å². The van der Waals surface area contributed by atoms with E-state index in [2.05, 4.69) is 196 Å². The van der Waals surface area contributed by atoms with Gasteiger partial charge in [0.25, 0.3) is 0 Å². The van der Waals surface area contributed by atoms with E-state index in [-0.39, 0.29) is 10.8 Å². The second kappa shape index (κ2) is 10.9. The Kier molecular flexibility index (Phi) is 6.58. The van der Waals surface area contributed by atoms with Crippen LogP contribution in [-0.2, 0) is 10.8 Å². The number of rotatable bonds is 5. The molecule has 1 nitrogen and oxygen atoms in total. The standard InChI is InChI=1S/C48H39N/c1-47(2)43-22-11-9-19-41(43)46-38(20-13-23-44(46)47)34-16-12-17-36(30-34)49(35-26-24-33(25-27-35)32-14-6-5-7-15-32)37-28-29-40-39-18-8-10-21-42(39)48(3,4)45(40)31-37/h5-31H,1-4H3. The highest BCUT2D eigenvalue weighted by Crippen LogP contribution is 2.53. The Hall–Kier alpha value is -5.66. The molecule has 1 heteroatoms. The molecule has 0 saturated heterocycles. The Bertz CT molecular complexity index is 2380. The number of hydrogen-bond acceptors (Lipinski definition) is 1. The van der Waals surface area contributed by atoms with Gasteiger partial charge in [0.2, 0.25) is 0 Å². The summed E-state index contributed by atoms with van der Waals surface area (Å²) >= 11 is 0. The van der Waals surface area contributed by atoms with Gasteiger partial charge in [-0.1, -0.05) is 155 Å². The van der Waals surface area contributed by atoms with Crippen molar-refractivity contribution in [1.82, 2.24) is 0 Å². The van der Waals surface area contributed by atoms with Crippen molar-refractivity contribution >= 4 is 17.1 Å². The molecule has 0 spiro atoms. The molecule has 0 amide bonds. The van der Waals surface area contributed by atoms with Gasteiger partial charge in [-0.2, -0.15) is 0 Å². The van der Waals surface area contributed by atoms with Crippen LogP contribution in [0.2, 0.25) is 0 Å². The van der Waals surface area contributed by atoms with Gasteiger partial charge < -0.3 is 4.90 Å². The molecule has 0 fully saturated rings. The Morgan fingerprint density at radius 3 is 1.61 bits per heavy atom. The van der Waals surface area contributed by atoms with Crippen LogP contribution in [-0.4, -0.2) is 0 Å². The third-order valence-corrected chi connectivity index (χ3v) is 11.1. The van der Waals surface area contributed by atoms with Crippen LogP contribution in [0, 0.1) is 0 Å². The first-order valence-corrected chi connectivity index (χ1v) is 17.4. The Morgan fingerprint density at radius 1 is 0.327 bits per heavy atom. The average molecular weight is 630 g/mol. The zero-order chi connectivity index (χ0) is 33.3. The minimum absolute atomic E-state index is 0.0408. The summed E-state index contributed by atoms with van der Waals surface area (Å²) in [5, 5.41) is 0. The molecule has 236 valence electrons. The van der Waals surface area contributed by atoms with Crippen LogP contribution >= 0.6 is 0 Å². The summed E-state index contributed by atoms with van der Waals surface area (Å²) in [6.45, 7) is 9.42. The molecule has 2 aliphatic rings. The molecule has 0 aliphatic heterocycles. The quantitative estimate of drug-likeness (QED) is 0.183. The summed E-state index contributed by atoms with van der Waals surface area (Å²) in [5.74, 6) is 0. The van der Waals surface area contributed by atoms with Crippen molar-refractivity contribution in [3.63, 3.8) is 0 Å². The lowest BCUT2D eigenvalue weighted by Gasteiger charge is -2.29. The Labute approximate surface area is 290 Å². The van der Waals surface area contributed by atoms with E-state index < -0.39 is 0 Å². The molecule has 7 aromatic carbocycles. The fraction of sp³-hybridized carbons (Fsp3) is 0.125. The Morgan fingerprint density at radius 2 is 0.837 bits per heavy atom. The maximum absolute atomic E-state index is 2.43. The van der Waals surface area contributed by atoms with E-state index in [9.17, 15) is 0 Å². The van der Waals surface area contributed by atoms with Crippen LogP contribution in [0.25, 0.3) is 44.5 Å². The second-order valence-electron chi connectivity index (χ2n) is 14.6. The van der Waals surface area contributed by atoms with Gasteiger partial charge in [0.15, 0.2) is 0 Å². The van der Waals surface area contributed by atoms with Gasteiger partial charge in [0.05, 0.1) is 0 Å². The van der Waals surface area contributed by atoms with Crippen LogP contribution in [0.5, 0.6) is 0 Å². The molecule has 0 atom stereocenters. The van der Waals surface area contributed by atoms with Crippen LogP contribution in [0.15, 0.2) is 164 Å². The molecule has 2 aliphatic carbocycles. The highest BCUT2D eigenvalue weighted by molar-refractivity contribution is 5.94. The van der Waals surface area contributed by atoms with Crippen LogP contribution in [0.4, 0.5) is 17.1 Å². The van der Waals surface area contributed by atoms with Crippen LogP contribution < -0.4 is 4.90 Å². The topological polar surface area (TPSA) is 3.24 Å². The van der Waals surface area contributed by atoms with E-state index in [1.807, 2.05) is 0 Å². The normalized spacial score (nSPS) is 14.4. The largest absolute Gasteiger partial charge is 0.310 e. The van der Waals surface area contributed by atoms with Crippen molar-refractivity contribution in [1.29, 1.82) is 0 Å². The van der Waals surface area contributed by atoms with E-state index in [1.165, 1.54) is 66.8 Å². The van der Waals surface area contributed by atoms with E-state index >= 15 is 0 Å².